The van der Waals surface area contributed by atoms with Crippen molar-refractivity contribution in [3.05, 3.63) is 41.6 Å². The smallest absolute Gasteiger partial charge is 0.148 e. The van der Waals surface area contributed by atoms with E-state index in [2.05, 4.69) is 17.1 Å². The summed E-state index contributed by atoms with van der Waals surface area (Å²) in [6.07, 6.45) is 7.83. The predicted octanol–water partition coefficient (Wildman–Crippen LogP) is 7.27. The zero-order valence-electron chi connectivity index (χ0n) is 14.4. The van der Waals surface area contributed by atoms with E-state index in [4.69, 9.17) is 23.8 Å². The number of thioether (sulfide) groups is 2. The lowest BCUT2D eigenvalue weighted by molar-refractivity contribution is 0.627. The molecule has 0 unspecified atom stereocenters. The Labute approximate surface area is 169 Å². The minimum Gasteiger partial charge on any atom is -0.148 e. The molecule has 0 spiro atoms. The van der Waals surface area contributed by atoms with Crippen molar-refractivity contribution in [3.8, 4) is 11.3 Å². The van der Waals surface area contributed by atoms with E-state index in [9.17, 15) is 0 Å². The fourth-order valence-corrected chi connectivity index (χ4v) is 4.99. The highest BCUT2D eigenvalue weighted by atomic mass is 35.5. The molecule has 25 heavy (non-hydrogen) atoms. The molecule has 0 bridgehead atoms. The van der Waals surface area contributed by atoms with Crippen LogP contribution in [0.4, 0.5) is 0 Å². The van der Waals surface area contributed by atoms with Crippen LogP contribution in [0.1, 0.15) is 45.4 Å². The molecule has 0 aliphatic rings. The van der Waals surface area contributed by atoms with Crippen LogP contribution in [0.2, 0.25) is 5.15 Å². The van der Waals surface area contributed by atoms with Crippen LogP contribution in [0.25, 0.3) is 11.3 Å². The van der Waals surface area contributed by atoms with Crippen LogP contribution in [0.15, 0.2) is 41.3 Å². The average molecular weight is 411 g/mol. The number of hydrogen-bond donors (Lipinski definition) is 0. The second-order valence-corrected chi connectivity index (χ2v) is 9.44. The number of unbranched alkanes of at least 4 members (excludes halogenated alkanes) is 5. The second kappa shape index (κ2) is 11.9. The van der Waals surface area contributed by atoms with Crippen molar-refractivity contribution in [2.75, 3.05) is 5.75 Å². The van der Waals surface area contributed by atoms with E-state index in [0.717, 1.165) is 25.4 Å². The Morgan fingerprint density at radius 3 is 2.52 bits per heavy atom. The Kier molecular flexibility index (Phi) is 9.84. The fourth-order valence-electron chi connectivity index (χ4n) is 2.38. The van der Waals surface area contributed by atoms with Gasteiger partial charge in [0.2, 0.25) is 0 Å². The van der Waals surface area contributed by atoms with Gasteiger partial charge >= 0.3 is 0 Å². The molecule has 0 fully saturated rings. The molecule has 134 valence electrons. The van der Waals surface area contributed by atoms with E-state index in [0.29, 0.717) is 5.15 Å². The number of aromatic nitrogens is 2. The normalized spacial score (nSPS) is 10.8. The fraction of sp³-hybridized carbons (Fsp3) is 0.421. The van der Waals surface area contributed by atoms with Crippen LogP contribution in [-0.2, 0) is 0 Å². The van der Waals surface area contributed by atoms with Crippen molar-refractivity contribution in [2.45, 2.75) is 50.3 Å². The molecule has 0 N–H and O–H groups in total. The van der Waals surface area contributed by atoms with Gasteiger partial charge in [0.1, 0.15) is 9.22 Å². The Bertz CT molecular complexity index is 665. The molecule has 0 saturated carbocycles. The first kappa shape index (κ1) is 20.7. The molecule has 0 atom stereocenters. The summed E-state index contributed by atoms with van der Waals surface area (Å²) in [6, 6.07) is 11.9. The molecule has 0 saturated heterocycles. The standard InChI is InChI=1S/C19H23ClN2S3/c1-2-3-4-5-6-10-13-24-19(23)25-16-14-17(20)21-22-18(16)15-11-8-7-9-12-15/h7-9,11-12,14H,2-6,10,13H2,1H3. The zero-order valence-corrected chi connectivity index (χ0v) is 17.6. The SMILES string of the molecule is CCCCCCCCSC(=S)Sc1cc(Cl)nnc1-c1ccccc1. The molecule has 0 amide bonds. The van der Waals surface area contributed by atoms with Gasteiger partial charge in [-0.15, -0.1) is 22.0 Å². The number of nitrogens with zero attached hydrogens (tertiary/aromatic N) is 2. The van der Waals surface area contributed by atoms with E-state index in [-0.39, 0.29) is 0 Å². The average Bonchev–Trinajstić information content (AvgIpc) is 2.62. The maximum Gasteiger partial charge on any atom is 0.152 e. The van der Waals surface area contributed by atoms with Crippen LogP contribution < -0.4 is 0 Å². The second-order valence-electron chi connectivity index (χ2n) is 5.71. The Balaban J connectivity index is 1.87. The lowest BCUT2D eigenvalue weighted by Gasteiger charge is -2.09. The molecule has 0 aliphatic heterocycles. The molecule has 2 rings (SSSR count). The van der Waals surface area contributed by atoms with E-state index >= 15 is 0 Å². The molecule has 1 heterocycles. The molecule has 2 aromatic rings. The third kappa shape index (κ3) is 7.65. The summed E-state index contributed by atoms with van der Waals surface area (Å²) in [5.74, 6) is 1.07. The van der Waals surface area contributed by atoms with E-state index in [1.165, 1.54) is 38.5 Å². The maximum atomic E-state index is 6.04. The number of thiocarbonyl (C=S) groups is 1. The Morgan fingerprint density at radius 2 is 1.76 bits per heavy atom. The van der Waals surface area contributed by atoms with Gasteiger partial charge in [-0.1, -0.05) is 105 Å². The predicted molar refractivity (Wildman–Crippen MR) is 117 cm³/mol. The molecule has 6 heteroatoms. The molecule has 1 aromatic heterocycles. The van der Waals surface area contributed by atoms with Gasteiger partial charge in [0.15, 0.2) is 5.15 Å². The van der Waals surface area contributed by atoms with Gasteiger partial charge in [-0.2, -0.15) is 0 Å². The first-order chi connectivity index (χ1) is 12.2. The van der Waals surface area contributed by atoms with Crippen molar-refractivity contribution in [1.29, 1.82) is 0 Å². The zero-order chi connectivity index (χ0) is 17.9. The van der Waals surface area contributed by atoms with Gasteiger partial charge in [0.05, 0.1) is 0 Å². The van der Waals surface area contributed by atoms with Gasteiger partial charge in [0.25, 0.3) is 0 Å². The van der Waals surface area contributed by atoms with Gasteiger partial charge in [0, 0.05) is 10.5 Å². The van der Waals surface area contributed by atoms with Crippen molar-refractivity contribution in [1.82, 2.24) is 10.2 Å². The van der Waals surface area contributed by atoms with Crippen molar-refractivity contribution in [2.24, 2.45) is 0 Å². The summed E-state index contributed by atoms with van der Waals surface area (Å²) in [4.78, 5) is 0.964. The molecular formula is C19H23ClN2S3. The first-order valence-corrected chi connectivity index (χ1v) is 11.2. The van der Waals surface area contributed by atoms with Crippen molar-refractivity contribution in [3.63, 3.8) is 0 Å². The van der Waals surface area contributed by atoms with Crippen LogP contribution in [0.5, 0.6) is 0 Å². The van der Waals surface area contributed by atoms with Gasteiger partial charge in [-0.3, -0.25) is 0 Å². The first-order valence-electron chi connectivity index (χ1n) is 8.64. The van der Waals surface area contributed by atoms with Crippen LogP contribution >= 0.6 is 47.3 Å². The van der Waals surface area contributed by atoms with Gasteiger partial charge in [-0.25, -0.2) is 0 Å². The van der Waals surface area contributed by atoms with Crippen LogP contribution in [0.3, 0.4) is 0 Å². The van der Waals surface area contributed by atoms with Crippen molar-refractivity contribution < 1.29 is 0 Å². The maximum absolute atomic E-state index is 6.04. The monoisotopic (exact) mass is 410 g/mol. The summed E-state index contributed by atoms with van der Waals surface area (Å²) < 4.78 is 0.912. The van der Waals surface area contributed by atoms with Crippen molar-refractivity contribution >= 4 is 50.9 Å². The summed E-state index contributed by atoms with van der Waals surface area (Å²) in [5, 5.41) is 8.65. The summed E-state index contributed by atoms with van der Waals surface area (Å²) >= 11 is 14.9. The number of rotatable bonds is 9. The topological polar surface area (TPSA) is 25.8 Å². The van der Waals surface area contributed by atoms with Crippen LogP contribution in [-0.4, -0.2) is 19.5 Å². The minimum atomic E-state index is 0.394. The van der Waals surface area contributed by atoms with E-state index in [1.807, 2.05) is 36.4 Å². The van der Waals surface area contributed by atoms with Crippen LogP contribution in [0, 0.1) is 0 Å². The number of hydrogen-bond acceptors (Lipinski definition) is 5. The minimum absolute atomic E-state index is 0.394. The van der Waals surface area contributed by atoms with E-state index < -0.39 is 0 Å². The quantitative estimate of drug-likeness (QED) is 0.246. The third-order valence-corrected chi connectivity index (χ3v) is 6.51. The third-order valence-electron chi connectivity index (χ3n) is 3.69. The lowest BCUT2D eigenvalue weighted by atomic mass is 10.1. The Morgan fingerprint density at radius 1 is 1.04 bits per heavy atom. The largest absolute Gasteiger partial charge is 0.152 e. The molecule has 0 aliphatic carbocycles. The molecule has 2 nitrogen and oxygen atoms in total. The highest BCUT2D eigenvalue weighted by Crippen LogP contribution is 2.34. The summed E-state index contributed by atoms with van der Waals surface area (Å²) in [7, 11) is 0. The van der Waals surface area contributed by atoms with Gasteiger partial charge in [-0.05, 0) is 18.2 Å². The highest BCUT2D eigenvalue weighted by molar-refractivity contribution is 8.47. The molecular weight excluding hydrogens is 388 g/mol. The summed E-state index contributed by atoms with van der Waals surface area (Å²) in [5.41, 5.74) is 1.86. The van der Waals surface area contributed by atoms with Gasteiger partial charge < -0.3 is 0 Å². The number of benzene rings is 1. The molecule has 0 radical (unpaired) electrons. The van der Waals surface area contributed by atoms with E-state index in [1.54, 1.807) is 23.5 Å². The Hall–Kier alpha value is -0.620. The molecule has 1 aromatic carbocycles. The lowest BCUT2D eigenvalue weighted by Crippen LogP contribution is -1.94. The summed E-state index contributed by atoms with van der Waals surface area (Å²) in [6.45, 7) is 2.25. The highest BCUT2D eigenvalue weighted by Gasteiger charge is 2.12. The number of halogens is 1.